The first-order valence-corrected chi connectivity index (χ1v) is 8.04. The zero-order chi connectivity index (χ0) is 13.1. The molecule has 0 bridgehead atoms. The van der Waals surface area contributed by atoms with E-state index in [1.807, 2.05) is 0 Å². The van der Waals surface area contributed by atoms with Crippen LogP contribution >= 0.6 is 0 Å². The summed E-state index contributed by atoms with van der Waals surface area (Å²) in [6, 6.07) is 0.459. The highest BCUT2D eigenvalue weighted by Crippen LogP contribution is 2.38. The second kappa shape index (κ2) is 5.67. The molecule has 1 rings (SSSR count). The summed E-state index contributed by atoms with van der Waals surface area (Å²) >= 11 is 0. The van der Waals surface area contributed by atoms with E-state index in [0.29, 0.717) is 18.0 Å². The molecule has 0 aromatic heterocycles. The van der Waals surface area contributed by atoms with E-state index in [-0.39, 0.29) is 5.75 Å². The monoisotopic (exact) mass is 262 g/mol. The second-order valence-corrected chi connectivity index (χ2v) is 8.13. The van der Waals surface area contributed by atoms with Crippen molar-refractivity contribution in [1.29, 1.82) is 0 Å². The first-order valence-electron chi connectivity index (χ1n) is 6.39. The fraction of sp³-hybridized carbons (Fsp3) is 1.00. The van der Waals surface area contributed by atoms with E-state index in [1.54, 1.807) is 0 Å². The molecular formula is C12H26N2O2S. The minimum Gasteiger partial charge on any atom is -0.313 e. The van der Waals surface area contributed by atoms with Crippen LogP contribution in [0.5, 0.6) is 0 Å². The largest absolute Gasteiger partial charge is 0.313 e. The van der Waals surface area contributed by atoms with E-state index in [2.05, 4.69) is 30.8 Å². The predicted octanol–water partition coefficient (Wildman–Crippen LogP) is 1.34. The normalized spacial score (nSPS) is 29.2. The third-order valence-corrected chi connectivity index (χ3v) is 4.87. The average Bonchev–Trinajstić information content (AvgIpc) is 2.14. The molecule has 5 heteroatoms. The molecule has 1 fully saturated rings. The van der Waals surface area contributed by atoms with E-state index in [4.69, 9.17) is 0 Å². The van der Waals surface area contributed by atoms with Crippen LogP contribution in [-0.2, 0) is 10.0 Å². The highest BCUT2D eigenvalue weighted by atomic mass is 32.2. The lowest BCUT2D eigenvalue weighted by Gasteiger charge is -2.39. The smallest absolute Gasteiger partial charge is 0.212 e. The van der Waals surface area contributed by atoms with E-state index in [1.165, 1.54) is 13.5 Å². The van der Waals surface area contributed by atoms with Crippen molar-refractivity contribution < 1.29 is 8.42 Å². The molecule has 0 aromatic carbocycles. The lowest BCUT2D eigenvalue weighted by atomic mass is 9.70. The Labute approximate surface area is 106 Å². The summed E-state index contributed by atoms with van der Waals surface area (Å²) in [7, 11) is -1.62. The van der Waals surface area contributed by atoms with Gasteiger partial charge < -0.3 is 5.32 Å². The van der Waals surface area contributed by atoms with Crippen molar-refractivity contribution in [3.63, 3.8) is 0 Å². The van der Waals surface area contributed by atoms with Gasteiger partial charge in [-0.25, -0.2) is 13.1 Å². The summed E-state index contributed by atoms with van der Waals surface area (Å²) in [5, 5.41) is 3.38. The molecule has 2 atom stereocenters. The fourth-order valence-corrected chi connectivity index (χ4v) is 3.59. The van der Waals surface area contributed by atoms with Gasteiger partial charge in [-0.1, -0.05) is 20.8 Å². The Balaban J connectivity index is 2.37. The number of nitrogens with one attached hydrogen (secondary N) is 2. The zero-order valence-corrected chi connectivity index (χ0v) is 12.2. The molecule has 4 nitrogen and oxygen atoms in total. The number of sulfonamides is 1. The molecular weight excluding hydrogens is 236 g/mol. The van der Waals surface area contributed by atoms with Gasteiger partial charge in [0.2, 0.25) is 10.0 Å². The van der Waals surface area contributed by atoms with Crippen LogP contribution in [0.3, 0.4) is 0 Å². The van der Waals surface area contributed by atoms with Crippen LogP contribution in [0, 0.1) is 11.3 Å². The van der Waals surface area contributed by atoms with Gasteiger partial charge in [0.15, 0.2) is 0 Å². The molecule has 0 spiro atoms. The van der Waals surface area contributed by atoms with Gasteiger partial charge in [0, 0.05) is 12.6 Å². The van der Waals surface area contributed by atoms with Gasteiger partial charge in [-0.05, 0) is 37.6 Å². The van der Waals surface area contributed by atoms with E-state index >= 15 is 0 Å². The molecule has 17 heavy (non-hydrogen) atoms. The van der Waals surface area contributed by atoms with Crippen molar-refractivity contribution in [2.45, 2.75) is 46.1 Å². The summed E-state index contributed by atoms with van der Waals surface area (Å²) in [6.07, 6.45) is 3.56. The lowest BCUT2D eigenvalue weighted by molar-refractivity contribution is 0.153. The molecule has 2 unspecified atom stereocenters. The summed E-state index contributed by atoms with van der Waals surface area (Å²) in [5.74, 6) is 0.881. The van der Waals surface area contributed by atoms with Crippen molar-refractivity contribution >= 4 is 10.0 Å². The van der Waals surface area contributed by atoms with Gasteiger partial charge in [0.05, 0.1) is 5.75 Å². The predicted molar refractivity (Wildman–Crippen MR) is 71.4 cm³/mol. The maximum absolute atomic E-state index is 11.3. The van der Waals surface area contributed by atoms with Crippen molar-refractivity contribution in [1.82, 2.24) is 10.0 Å². The molecule has 0 heterocycles. The zero-order valence-electron chi connectivity index (χ0n) is 11.4. The van der Waals surface area contributed by atoms with Crippen LogP contribution in [0.25, 0.3) is 0 Å². The molecule has 0 saturated heterocycles. The van der Waals surface area contributed by atoms with Crippen LogP contribution in [0.1, 0.15) is 40.0 Å². The molecule has 0 aromatic rings. The summed E-state index contributed by atoms with van der Waals surface area (Å²) in [6.45, 7) is 7.40. The third-order valence-electron chi connectivity index (χ3n) is 3.50. The molecule has 1 aliphatic rings. The van der Waals surface area contributed by atoms with Gasteiger partial charge in [-0.15, -0.1) is 0 Å². The molecule has 2 N–H and O–H groups in total. The number of rotatable bonds is 5. The Morgan fingerprint density at radius 2 is 1.94 bits per heavy atom. The second-order valence-electron chi connectivity index (χ2n) is 6.09. The van der Waals surface area contributed by atoms with Crippen molar-refractivity contribution in [2.75, 3.05) is 19.3 Å². The third kappa shape index (κ3) is 5.36. The van der Waals surface area contributed by atoms with E-state index in [9.17, 15) is 8.42 Å². The highest BCUT2D eigenvalue weighted by Gasteiger charge is 2.31. The van der Waals surface area contributed by atoms with E-state index in [0.717, 1.165) is 18.8 Å². The van der Waals surface area contributed by atoms with Gasteiger partial charge in [0.25, 0.3) is 0 Å². The Bertz CT molecular complexity index is 338. The molecule has 0 aliphatic heterocycles. The Kier molecular flexibility index (Phi) is 4.98. The average molecular weight is 262 g/mol. The minimum absolute atomic E-state index is 0.162. The standard InChI is InChI=1S/C12H26N2O2S/c1-10-7-11(9-12(2,3)8-10)14-5-6-17(15,16)13-4/h10-11,13-14H,5-9H2,1-4H3. The maximum atomic E-state index is 11.3. The van der Waals surface area contributed by atoms with Crippen LogP contribution in [0.15, 0.2) is 0 Å². The quantitative estimate of drug-likeness (QED) is 0.786. The first-order chi connectivity index (χ1) is 7.74. The molecule has 0 radical (unpaired) electrons. The molecule has 0 amide bonds. The first kappa shape index (κ1) is 14.9. The SMILES string of the molecule is CNS(=O)(=O)CCNC1CC(C)CC(C)(C)C1. The van der Waals surface area contributed by atoms with Crippen LogP contribution in [-0.4, -0.2) is 33.8 Å². The number of hydrogen-bond donors (Lipinski definition) is 2. The fourth-order valence-electron chi connectivity index (χ4n) is 3.00. The van der Waals surface area contributed by atoms with E-state index < -0.39 is 10.0 Å². The molecule has 1 aliphatic carbocycles. The molecule has 1 saturated carbocycles. The summed E-state index contributed by atoms with van der Waals surface area (Å²) < 4.78 is 24.9. The van der Waals surface area contributed by atoms with Crippen LogP contribution < -0.4 is 10.0 Å². The topological polar surface area (TPSA) is 58.2 Å². The highest BCUT2D eigenvalue weighted by molar-refractivity contribution is 7.89. The summed E-state index contributed by atoms with van der Waals surface area (Å²) in [5.41, 5.74) is 0.372. The van der Waals surface area contributed by atoms with Crippen molar-refractivity contribution in [2.24, 2.45) is 11.3 Å². The van der Waals surface area contributed by atoms with Crippen molar-refractivity contribution in [3.05, 3.63) is 0 Å². The Hall–Kier alpha value is -0.130. The van der Waals surface area contributed by atoms with Gasteiger partial charge in [-0.3, -0.25) is 0 Å². The van der Waals surface area contributed by atoms with Gasteiger partial charge >= 0.3 is 0 Å². The Morgan fingerprint density at radius 3 is 2.47 bits per heavy atom. The van der Waals surface area contributed by atoms with Gasteiger partial charge in [-0.2, -0.15) is 0 Å². The van der Waals surface area contributed by atoms with Crippen LogP contribution in [0.4, 0.5) is 0 Å². The van der Waals surface area contributed by atoms with Gasteiger partial charge in [0.1, 0.15) is 0 Å². The van der Waals surface area contributed by atoms with Crippen molar-refractivity contribution in [3.8, 4) is 0 Å². The van der Waals surface area contributed by atoms with Crippen LogP contribution in [0.2, 0.25) is 0 Å². The minimum atomic E-state index is -3.08. The lowest BCUT2D eigenvalue weighted by Crippen LogP contribution is -2.42. The number of hydrogen-bond acceptors (Lipinski definition) is 3. The Morgan fingerprint density at radius 1 is 1.29 bits per heavy atom. The summed E-state index contributed by atoms with van der Waals surface area (Å²) in [4.78, 5) is 0. The molecule has 102 valence electrons. The maximum Gasteiger partial charge on any atom is 0.212 e.